The second-order valence-corrected chi connectivity index (χ2v) is 2.44. The van der Waals surface area contributed by atoms with Crippen LogP contribution in [0.15, 0.2) is 11.8 Å². The molecule has 0 spiro atoms. The maximum Gasteiger partial charge on any atom is 0.160 e. The highest BCUT2D eigenvalue weighted by Crippen LogP contribution is 2.01. The molecule has 12 heavy (non-hydrogen) atoms. The Morgan fingerprint density at radius 1 is 1.33 bits per heavy atom. The van der Waals surface area contributed by atoms with Crippen molar-refractivity contribution >= 4 is 0 Å². The van der Waals surface area contributed by atoms with Crippen molar-refractivity contribution in [3.8, 4) is 0 Å². The zero-order chi connectivity index (χ0) is 9.40. The molecule has 72 valence electrons. The van der Waals surface area contributed by atoms with Crippen LogP contribution in [0.3, 0.4) is 0 Å². The molecule has 0 fully saturated rings. The topological polar surface area (TPSA) is 27.7 Å². The Morgan fingerprint density at radius 2 is 1.92 bits per heavy atom. The fraction of sp³-hybridized carbons (Fsp3) is 0.778. The minimum absolute atomic E-state index is 0.158. The van der Waals surface area contributed by atoms with Crippen LogP contribution in [-0.4, -0.2) is 27.1 Å². The summed E-state index contributed by atoms with van der Waals surface area (Å²) in [6.45, 7) is 4.50. The lowest BCUT2D eigenvalue weighted by atomic mass is 10.4. The van der Waals surface area contributed by atoms with E-state index in [4.69, 9.17) is 14.2 Å². The first kappa shape index (κ1) is 11.5. The van der Waals surface area contributed by atoms with Crippen molar-refractivity contribution in [2.45, 2.75) is 26.6 Å². The second-order valence-electron chi connectivity index (χ2n) is 2.44. The number of methoxy groups -OCH3 is 2. The first-order chi connectivity index (χ1) is 5.74. The Bertz CT molecular complexity index is 128. The van der Waals surface area contributed by atoms with Gasteiger partial charge in [0.1, 0.15) is 0 Å². The average Bonchev–Trinajstić information content (AvgIpc) is 2.12. The Kier molecular flexibility index (Phi) is 6.81. The molecule has 0 rings (SSSR count). The highest BCUT2D eigenvalue weighted by Gasteiger charge is 2.03. The summed E-state index contributed by atoms with van der Waals surface area (Å²) in [5.41, 5.74) is 0. The summed E-state index contributed by atoms with van der Waals surface area (Å²) in [6.07, 6.45) is 2.52. The Morgan fingerprint density at radius 3 is 2.33 bits per heavy atom. The monoisotopic (exact) mass is 174 g/mol. The zero-order valence-corrected chi connectivity index (χ0v) is 8.29. The van der Waals surface area contributed by atoms with Gasteiger partial charge in [-0.05, 0) is 13.8 Å². The summed E-state index contributed by atoms with van der Waals surface area (Å²) in [4.78, 5) is 0. The van der Waals surface area contributed by atoms with Gasteiger partial charge in [-0.25, -0.2) is 0 Å². The molecule has 0 aromatic rings. The second kappa shape index (κ2) is 7.13. The van der Waals surface area contributed by atoms with Crippen molar-refractivity contribution in [3.05, 3.63) is 11.8 Å². The quantitative estimate of drug-likeness (QED) is 0.455. The van der Waals surface area contributed by atoms with E-state index in [-0.39, 0.29) is 6.29 Å². The molecule has 0 aliphatic carbocycles. The van der Waals surface area contributed by atoms with Crippen molar-refractivity contribution in [1.82, 2.24) is 0 Å². The molecule has 3 heteroatoms. The van der Waals surface area contributed by atoms with Gasteiger partial charge in [-0.2, -0.15) is 0 Å². The fourth-order valence-electron chi connectivity index (χ4n) is 0.731. The third-order valence-corrected chi connectivity index (χ3v) is 1.62. The molecule has 0 amide bonds. The normalized spacial score (nSPS) is 12.2. The summed E-state index contributed by atoms with van der Waals surface area (Å²) in [6, 6.07) is 0. The Labute approximate surface area is 74.3 Å². The molecule has 0 aliphatic rings. The largest absolute Gasteiger partial charge is 0.498 e. The van der Waals surface area contributed by atoms with E-state index in [1.807, 2.05) is 19.9 Å². The summed E-state index contributed by atoms with van der Waals surface area (Å²) in [5.74, 6) is 0.931. The van der Waals surface area contributed by atoms with Gasteiger partial charge >= 0.3 is 0 Å². The van der Waals surface area contributed by atoms with Gasteiger partial charge in [-0.3, -0.25) is 0 Å². The Balaban J connectivity index is 3.41. The number of hydrogen-bond donors (Lipinski definition) is 0. The summed E-state index contributed by atoms with van der Waals surface area (Å²) in [5, 5.41) is 0. The molecule has 0 saturated heterocycles. The molecule has 0 aromatic heterocycles. The van der Waals surface area contributed by atoms with Crippen LogP contribution in [0.4, 0.5) is 0 Å². The molecular formula is C9H18O3. The van der Waals surface area contributed by atoms with Gasteiger partial charge in [0, 0.05) is 20.6 Å². The molecular weight excluding hydrogens is 156 g/mol. The molecule has 0 aliphatic heterocycles. The van der Waals surface area contributed by atoms with E-state index in [1.54, 1.807) is 14.2 Å². The minimum atomic E-state index is -0.158. The number of allylic oxidation sites excluding steroid dienone is 2. The van der Waals surface area contributed by atoms with Crippen LogP contribution in [0.2, 0.25) is 0 Å². The van der Waals surface area contributed by atoms with Gasteiger partial charge < -0.3 is 14.2 Å². The Hall–Kier alpha value is -0.540. The summed E-state index contributed by atoms with van der Waals surface area (Å²) >= 11 is 0. The van der Waals surface area contributed by atoms with Crippen LogP contribution in [0, 0.1) is 0 Å². The first-order valence-electron chi connectivity index (χ1n) is 4.05. The van der Waals surface area contributed by atoms with Crippen LogP contribution in [0.1, 0.15) is 20.3 Å². The van der Waals surface area contributed by atoms with E-state index in [1.165, 1.54) is 0 Å². The van der Waals surface area contributed by atoms with Crippen molar-refractivity contribution < 1.29 is 14.2 Å². The van der Waals surface area contributed by atoms with Gasteiger partial charge in [-0.15, -0.1) is 0 Å². The number of ether oxygens (including phenoxy) is 3. The third-order valence-electron chi connectivity index (χ3n) is 1.62. The first-order valence-corrected chi connectivity index (χ1v) is 4.05. The van der Waals surface area contributed by atoms with Crippen LogP contribution < -0.4 is 0 Å². The fourth-order valence-corrected chi connectivity index (χ4v) is 0.731. The van der Waals surface area contributed by atoms with Crippen LogP contribution in [-0.2, 0) is 14.2 Å². The molecule has 0 bridgehead atoms. The molecule has 0 aromatic carbocycles. The highest BCUT2D eigenvalue weighted by molar-refractivity contribution is 4.83. The maximum atomic E-state index is 5.33. The van der Waals surface area contributed by atoms with Crippen molar-refractivity contribution in [2.24, 2.45) is 0 Å². The van der Waals surface area contributed by atoms with E-state index < -0.39 is 0 Å². The average molecular weight is 174 g/mol. The lowest BCUT2D eigenvalue weighted by molar-refractivity contribution is -0.113. The predicted octanol–water partition coefficient (Wildman–Crippen LogP) is 1.94. The molecule has 3 nitrogen and oxygen atoms in total. The van der Waals surface area contributed by atoms with Crippen molar-refractivity contribution in [2.75, 3.05) is 20.8 Å². The maximum absolute atomic E-state index is 5.33. The molecule has 0 radical (unpaired) electrons. The smallest absolute Gasteiger partial charge is 0.160 e. The lowest BCUT2D eigenvalue weighted by Crippen LogP contribution is -2.15. The summed E-state index contributed by atoms with van der Waals surface area (Å²) in [7, 11) is 3.24. The van der Waals surface area contributed by atoms with Gasteiger partial charge in [0.15, 0.2) is 6.29 Å². The van der Waals surface area contributed by atoms with E-state index in [0.717, 1.165) is 12.2 Å². The molecule has 0 atom stereocenters. The van der Waals surface area contributed by atoms with E-state index in [9.17, 15) is 0 Å². The zero-order valence-electron chi connectivity index (χ0n) is 8.29. The van der Waals surface area contributed by atoms with Gasteiger partial charge in [0.25, 0.3) is 0 Å². The predicted molar refractivity (Wildman–Crippen MR) is 47.8 cm³/mol. The van der Waals surface area contributed by atoms with Crippen LogP contribution in [0.25, 0.3) is 0 Å². The highest BCUT2D eigenvalue weighted by atomic mass is 16.7. The van der Waals surface area contributed by atoms with E-state index in [0.29, 0.717) is 6.61 Å². The number of hydrogen-bond acceptors (Lipinski definition) is 3. The molecule has 0 N–H and O–H groups in total. The van der Waals surface area contributed by atoms with Gasteiger partial charge in [0.2, 0.25) is 0 Å². The van der Waals surface area contributed by atoms with Crippen molar-refractivity contribution in [3.63, 3.8) is 0 Å². The van der Waals surface area contributed by atoms with Gasteiger partial charge in [0.05, 0.1) is 12.4 Å². The molecule has 0 saturated carbocycles. The van der Waals surface area contributed by atoms with E-state index >= 15 is 0 Å². The SMILES string of the molecule is CC=C(C)OCCC(OC)OC. The molecule has 0 heterocycles. The lowest BCUT2D eigenvalue weighted by Gasteiger charge is -2.13. The number of rotatable bonds is 6. The minimum Gasteiger partial charge on any atom is -0.498 e. The molecule has 0 unspecified atom stereocenters. The summed E-state index contributed by atoms with van der Waals surface area (Å²) < 4.78 is 15.3. The van der Waals surface area contributed by atoms with E-state index in [2.05, 4.69) is 0 Å². The van der Waals surface area contributed by atoms with Crippen LogP contribution in [0.5, 0.6) is 0 Å². The van der Waals surface area contributed by atoms with Crippen molar-refractivity contribution in [1.29, 1.82) is 0 Å². The third kappa shape index (κ3) is 5.16. The van der Waals surface area contributed by atoms with Crippen LogP contribution >= 0.6 is 0 Å². The standard InChI is InChI=1S/C9H18O3/c1-5-8(2)12-7-6-9(10-3)11-4/h5,9H,6-7H2,1-4H3. The van der Waals surface area contributed by atoms with Gasteiger partial charge in [-0.1, -0.05) is 6.08 Å².